The highest BCUT2D eigenvalue weighted by Gasteiger charge is 2.36. The van der Waals surface area contributed by atoms with Gasteiger partial charge in [0, 0.05) is 25.2 Å². The topological polar surface area (TPSA) is 76.6 Å². The third kappa shape index (κ3) is 3.88. The predicted molar refractivity (Wildman–Crippen MR) is 91.7 cm³/mol. The molecule has 0 spiro atoms. The number of rotatable bonds is 2. The van der Waals surface area contributed by atoms with Gasteiger partial charge in [-0.05, 0) is 53.2 Å². The van der Waals surface area contributed by atoms with Gasteiger partial charge in [0.2, 0.25) is 0 Å². The first-order valence-electron chi connectivity index (χ1n) is 8.00. The SMILES string of the molecule is CC(C)(C)OC(=O)N1CC(c2ccc(S(=O)(=O)C(C)(C)C)nc2)C1. The Kier molecular flexibility index (Phi) is 4.69. The van der Waals surface area contributed by atoms with Gasteiger partial charge in [0.1, 0.15) is 5.60 Å². The van der Waals surface area contributed by atoms with Crippen LogP contribution in [0.3, 0.4) is 0 Å². The van der Waals surface area contributed by atoms with Crippen molar-refractivity contribution in [2.24, 2.45) is 0 Å². The maximum absolute atomic E-state index is 12.4. The highest BCUT2D eigenvalue weighted by Crippen LogP contribution is 2.29. The predicted octanol–water partition coefficient (Wildman–Crippen LogP) is 2.99. The molecule has 134 valence electrons. The largest absolute Gasteiger partial charge is 0.444 e. The number of aromatic nitrogens is 1. The van der Waals surface area contributed by atoms with Crippen LogP contribution in [0.4, 0.5) is 4.79 Å². The molecule has 1 saturated heterocycles. The van der Waals surface area contributed by atoms with E-state index >= 15 is 0 Å². The van der Waals surface area contributed by atoms with Crippen LogP contribution in [0.2, 0.25) is 0 Å². The normalized spacial score (nSPS) is 16.7. The Morgan fingerprint density at radius 3 is 2.17 bits per heavy atom. The molecule has 0 aromatic carbocycles. The number of carbonyl (C=O) groups excluding carboxylic acids is 1. The zero-order valence-corrected chi connectivity index (χ0v) is 16.0. The van der Waals surface area contributed by atoms with Crippen LogP contribution in [0.25, 0.3) is 0 Å². The second kappa shape index (κ2) is 6.02. The molecule has 7 heteroatoms. The summed E-state index contributed by atoms with van der Waals surface area (Å²) in [5.41, 5.74) is 0.426. The number of likely N-dealkylation sites (tertiary alicyclic amines) is 1. The Morgan fingerprint density at radius 2 is 1.75 bits per heavy atom. The highest BCUT2D eigenvalue weighted by molar-refractivity contribution is 7.92. The van der Waals surface area contributed by atoms with Crippen molar-refractivity contribution < 1.29 is 17.9 Å². The van der Waals surface area contributed by atoms with E-state index in [0.717, 1.165) is 5.56 Å². The summed E-state index contributed by atoms with van der Waals surface area (Å²) in [6, 6.07) is 3.33. The minimum Gasteiger partial charge on any atom is -0.444 e. The molecule has 1 fully saturated rings. The second-order valence-electron chi connectivity index (χ2n) is 8.13. The molecule has 0 N–H and O–H groups in total. The van der Waals surface area contributed by atoms with Gasteiger partial charge < -0.3 is 9.64 Å². The van der Waals surface area contributed by atoms with E-state index in [4.69, 9.17) is 4.74 Å². The average Bonchev–Trinajstić information content (AvgIpc) is 2.34. The first-order valence-corrected chi connectivity index (χ1v) is 9.48. The summed E-state index contributed by atoms with van der Waals surface area (Å²) in [5.74, 6) is 0.163. The molecule has 2 heterocycles. The summed E-state index contributed by atoms with van der Waals surface area (Å²) in [6.07, 6.45) is 1.27. The lowest BCUT2D eigenvalue weighted by Gasteiger charge is -2.39. The summed E-state index contributed by atoms with van der Waals surface area (Å²) in [6.45, 7) is 11.6. The molecule has 1 aromatic heterocycles. The summed E-state index contributed by atoms with van der Waals surface area (Å²) in [4.78, 5) is 17.7. The van der Waals surface area contributed by atoms with Crippen LogP contribution in [-0.2, 0) is 14.6 Å². The molecule has 0 saturated carbocycles. The van der Waals surface area contributed by atoms with Gasteiger partial charge in [0.05, 0.1) is 4.75 Å². The first-order chi connectivity index (χ1) is 10.8. The Hall–Kier alpha value is -1.63. The number of hydrogen-bond donors (Lipinski definition) is 0. The van der Waals surface area contributed by atoms with Gasteiger partial charge in [0.25, 0.3) is 0 Å². The molecule has 0 aliphatic carbocycles. The molecule has 1 aromatic rings. The van der Waals surface area contributed by atoms with Crippen molar-refractivity contribution in [1.82, 2.24) is 9.88 Å². The van der Waals surface area contributed by atoms with E-state index < -0.39 is 20.2 Å². The van der Waals surface area contributed by atoms with Crippen LogP contribution >= 0.6 is 0 Å². The van der Waals surface area contributed by atoms with Gasteiger partial charge in [-0.3, -0.25) is 0 Å². The molecule has 0 bridgehead atoms. The summed E-state index contributed by atoms with van der Waals surface area (Å²) in [5, 5.41) is 0.0853. The lowest BCUT2D eigenvalue weighted by molar-refractivity contribution is 0.00816. The highest BCUT2D eigenvalue weighted by atomic mass is 32.2. The summed E-state index contributed by atoms with van der Waals surface area (Å²) < 4.78 is 29.2. The third-order valence-electron chi connectivity index (χ3n) is 3.85. The Bertz CT molecular complexity index is 706. The van der Waals surface area contributed by atoms with Gasteiger partial charge in [-0.1, -0.05) is 6.07 Å². The standard InChI is InChI=1S/C17H26N2O4S/c1-16(2,3)23-15(20)19-10-13(11-19)12-7-8-14(18-9-12)24(21,22)17(4,5)6/h7-9,13H,10-11H2,1-6H3. The van der Waals surface area contributed by atoms with Crippen molar-refractivity contribution in [3.8, 4) is 0 Å². The zero-order valence-electron chi connectivity index (χ0n) is 15.2. The maximum Gasteiger partial charge on any atom is 0.410 e. The number of hydrogen-bond acceptors (Lipinski definition) is 5. The number of carbonyl (C=O) groups is 1. The molecule has 1 amide bonds. The molecule has 24 heavy (non-hydrogen) atoms. The number of nitrogens with zero attached hydrogens (tertiary/aromatic N) is 2. The van der Waals surface area contributed by atoms with Crippen molar-refractivity contribution in [3.05, 3.63) is 23.9 Å². The van der Waals surface area contributed by atoms with Crippen molar-refractivity contribution in [1.29, 1.82) is 0 Å². The Morgan fingerprint density at radius 1 is 1.17 bits per heavy atom. The van der Waals surface area contributed by atoms with E-state index in [0.29, 0.717) is 13.1 Å². The second-order valence-corrected chi connectivity index (χ2v) is 10.8. The minimum absolute atomic E-state index is 0.0853. The van der Waals surface area contributed by atoms with Crippen LogP contribution < -0.4 is 0 Å². The Labute approximate surface area is 144 Å². The molecular formula is C17H26N2O4S. The van der Waals surface area contributed by atoms with Gasteiger partial charge >= 0.3 is 6.09 Å². The van der Waals surface area contributed by atoms with Crippen LogP contribution in [0.1, 0.15) is 53.0 Å². The van der Waals surface area contributed by atoms with Gasteiger partial charge in [0.15, 0.2) is 14.9 Å². The van der Waals surface area contributed by atoms with Crippen molar-refractivity contribution in [2.45, 2.75) is 62.8 Å². The molecule has 0 unspecified atom stereocenters. The molecule has 0 atom stereocenters. The van der Waals surface area contributed by atoms with Gasteiger partial charge in [-0.15, -0.1) is 0 Å². The van der Waals surface area contributed by atoms with E-state index in [1.165, 1.54) is 0 Å². The summed E-state index contributed by atoms with van der Waals surface area (Å²) in [7, 11) is -3.45. The monoisotopic (exact) mass is 354 g/mol. The fourth-order valence-corrected chi connectivity index (χ4v) is 3.34. The molecule has 2 rings (SSSR count). The Balaban J connectivity index is 2.01. The van der Waals surface area contributed by atoms with E-state index in [9.17, 15) is 13.2 Å². The number of sulfone groups is 1. The molecule has 0 radical (unpaired) electrons. The zero-order chi connectivity index (χ0) is 18.3. The fourth-order valence-electron chi connectivity index (χ4n) is 2.27. The lowest BCUT2D eigenvalue weighted by Crippen LogP contribution is -2.50. The number of ether oxygens (including phenoxy) is 1. The van der Waals surface area contributed by atoms with Gasteiger partial charge in [-0.25, -0.2) is 18.2 Å². The van der Waals surface area contributed by atoms with Crippen molar-refractivity contribution in [3.63, 3.8) is 0 Å². The van der Waals surface area contributed by atoms with Crippen LogP contribution in [0, 0.1) is 0 Å². The van der Waals surface area contributed by atoms with Crippen LogP contribution in [0.15, 0.2) is 23.4 Å². The average molecular weight is 354 g/mol. The van der Waals surface area contributed by atoms with Crippen molar-refractivity contribution >= 4 is 15.9 Å². The van der Waals surface area contributed by atoms with E-state index in [1.54, 1.807) is 44.0 Å². The van der Waals surface area contributed by atoms with Crippen LogP contribution in [0.5, 0.6) is 0 Å². The third-order valence-corrected chi connectivity index (χ3v) is 6.25. The minimum atomic E-state index is -3.45. The van der Waals surface area contributed by atoms with E-state index in [1.807, 2.05) is 20.8 Å². The summed E-state index contributed by atoms with van der Waals surface area (Å²) >= 11 is 0. The van der Waals surface area contributed by atoms with Crippen LogP contribution in [-0.4, -0.2) is 47.8 Å². The quantitative estimate of drug-likeness (QED) is 0.816. The molecule has 1 aliphatic heterocycles. The first kappa shape index (κ1) is 18.7. The van der Waals surface area contributed by atoms with E-state index in [2.05, 4.69) is 4.98 Å². The fraction of sp³-hybridized carbons (Fsp3) is 0.647. The molecule has 1 aliphatic rings. The van der Waals surface area contributed by atoms with Crippen molar-refractivity contribution in [2.75, 3.05) is 13.1 Å². The molecular weight excluding hydrogens is 328 g/mol. The lowest BCUT2D eigenvalue weighted by atomic mass is 9.93. The maximum atomic E-state index is 12.4. The number of pyridine rings is 1. The molecule has 6 nitrogen and oxygen atoms in total. The number of amides is 1. The van der Waals surface area contributed by atoms with Gasteiger partial charge in [-0.2, -0.15) is 0 Å². The smallest absolute Gasteiger partial charge is 0.410 e. The van der Waals surface area contributed by atoms with E-state index in [-0.39, 0.29) is 17.0 Å².